The van der Waals surface area contributed by atoms with Gasteiger partial charge in [0.25, 0.3) is 0 Å². The van der Waals surface area contributed by atoms with Gasteiger partial charge in [-0.05, 0) is 24.6 Å². The number of Topliss-reactive ketones (excluding diaryl/α,β-unsaturated/α-hetero) is 1. The number of hydrogen-bond acceptors (Lipinski definition) is 4. The minimum atomic E-state index is -3.57. The molecule has 2 N–H and O–H groups in total. The number of benzene rings is 1. The first-order valence-electron chi connectivity index (χ1n) is 5.66. The maximum absolute atomic E-state index is 11.9. The molecule has 0 heterocycles. The van der Waals surface area contributed by atoms with Crippen molar-refractivity contribution >= 4 is 21.5 Å². The minimum Gasteiger partial charge on any atom is -0.398 e. The molecule has 5 nitrogen and oxygen atoms in total. The summed E-state index contributed by atoms with van der Waals surface area (Å²) in [5.74, 6) is -0.0296. The molecule has 18 heavy (non-hydrogen) atoms. The molecule has 0 unspecified atom stereocenters. The maximum atomic E-state index is 11.9. The number of carbonyl (C=O) groups is 1. The Morgan fingerprint density at radius 2 is 1.94 bits per heavy atom. The lowest BCUT2D eigenvalue weighted by Gasteiger charge is -2.13. The van der Waals surface area contributed by atoms with Gasteiger partial charge in [0, 0.05) is 26.1 Å². The predicted octanol–water partition coefficient (Wildman–Crippen LogP) is 1.50. The lowest BCUT2D eigenvalue weighted by atomic mass is 10.1. The zero-order valence-electron chi connectivity index (χ0n) is 10.8. The molecule has 100 valence electrons. The highest BCUT2D eigenvalue weighted by molar-refractivity contribution is 7.89. The van der Waals surface area contributed by atoms with E-state index in [4.69, 9.17) is 5.73 Å². The second kappa shape index (κ2) is 5.49. The van der Waals surface area contributed by atoms with Gasteiger partial charge in [0.2, 0.25) is 10.0 Å². The minimum absolute atomic E-state index is 0.0283. The van der Waals surface area contributed by atoms with Crippen molar-refractivity contribution in [3.8, 4) is 0 Å². The Hall–Kier alpha value is -1.40. The van der Waals surface area contributed by atoms with Crippen LogP contribution in [0, 0.1) is 0 Å². The second-order valence-electron chi connectivity index (χ2n) is 4.21. The number of rotatable bonds is 5. The summed E-state index contributed by atoms with van der Waals surface area (Å²) in [4.78, 5) is 11.7. The Kier molecular flexibility index (Phi) is 4.48. The molecule has 6 heteroatoms. The largest absolute Gasteiger partial charge is 0.398 e. The Morgan fingerprint density at radius 3 is 2.39 bits per heavy atom. The molecule has 1 aromatic carbocycles. The topological polar surface area (TPSA) is 80.5 Å². The summed E-state index contributed by atoms with van der Waals surface area (Å²) in [5, 5.41) is 0. The van der Waals surface area contributed by atoms with E-state index < -0.39 is 10.0 Å². The van der Waals surface area contributed by atoms with Crippen LogP contribution in [0.1, 0.15) is 30.1 Å². The van der Waals surface area contributed by atoms with Gasteiger partial charge < -0.3 is 5.73 Å². The molecule has 0 aliphatic carbocycles. The number of nitrogens with zero attached hydrogens (tertiary/aromatic N) is 1. The van der Waals surface area contributed by atoms with Crippen LogP contribution in [0.15, 0.2) is 23.1 Å². The van der Waals surface area contributed by atoms with E-state index in [1.807, 2.05) is 6.92 Å². The summed E-state index contributed by atoms with van der Waals surface area (Å²) in [6, 6.07) is 4.31. The van der Waals surface area contributed by atoms with Crippen molar-refractivity contribution < 1.29 is 13.2 Å². The molecule has 0 aliphatic heterocycles. The lowest BCUT2D eigenvalue weighted by molar-refractivity contribution is 0.0981. The molecule has 0 atom stereocenters. The van der Waals surface area contributed by atoms with Gasteiger partial charge in [-0.1, -0.05) is 6.92 Å². The van der Waals surface area contributed by atoms with Crippen molar-refractivity contribution in [3.63, 3.8) is 0 Å². The van der Waals surface area contributed by atoms with E-state index in [-0.39, 0.29) is 16.4 Å². The van der Waals surface area contributed by atoms with Crippen LogP contribution in [0.5, 0.6) is 0 Å². The van der Waals surface area contributed by atoms with Crippen molar-refractivity contribution in [1.29, 1.82) is 0 Å². The van der Waals surface area contributed by atoms with Gasteiger partial charge in [-0.3, -0.25) is 4.79 Å². The average molecular weight is 270 g/mol. The van der Waals surface area contributed by atoms with Crippen molar-refractivity contribution in [2.75, 3.05) is 19.8 Å². The molecule has 0 aliphatic rings. The van der Waals surface area contributed by atoms with Crippen LogP contribution < -0.4 is 5.73 Å². The number of ketones is 1. The van der Waals surface area contributed by atoms with Gasteiger partial charge in [-0.25, -0.2) is 12.7 Å². The van der Waals surface area contributed by atoms with Gasteiger partial charge in [-0.15, -0.1) is 0 Å². The zero-order valence-corrected chi connectivity index (χ0v) is 11.6. The predicted molar refractivity (Wildman–Crippen MR) is 71.0 cm³/mol. The number of anilines is 1. The first kappa shape index (κ1) is 14.7. The third-order valence-electron chi connectivity index (χ3n) is 2.57. The normalized spacial score (nSPS) is 11.8. The number of nitrogens with two attached hydrogens (primary N) is 1. The molecule has 0 saturated heterocycles. The standard InChI is InChI=1S/C12H18N2O3S/c1-4-5-11(15)9-6-7-12(10(13)8-9)18(16,17)14(2)3/h6-8H,4-5,13H2,1-3H3. The molecule has 0 amide bonds. The van der Waals surface area contributed by atoms with Crippen LogP contribution in [0.4, 0.5) is 5.69 Å². The Balaban J connectivity index is 3.19. The highest BCUT2D eigenvalue weighted by Gasteiger charge is 2.21. The van der Waals surface area contributed by atoms with E-state index in [1.165, 1.54) is 32.3 Å². The highest BCUT2D eigenvalue weighted by atomic mass is 32.2. The molecule has 0 bridgehead atoms. The van der Waals surface area contributed by atoms with E-state index in [1.54, 1.807) is 0 Å². The van der Waals surface area contributed by atoms with Gasteiger partial charge in [0.15, 0.2) is 5.78 Å². The van der Waals surface area contributed by atoms with Gasteiger partial charge >= 0.3 is 0 Å². The summed E-state index contributed by atoms with van der Waals surface area (Å²) in [5.41, 5.74) is 6.27. The molecule has 0 aromatic heterocycles. The summed E-state index contributed by atoms with van der Waals surface area (Å²) < 4.78 is 24.9. The van der Waals surface area contributed by atoms with Crippen LogP contribution in [0.3, 0.4) is 0 Å². The summed E-state index contributed by atoms with van der Waals surface area (Å²) in [6.45, 7) is 1.91. The van der Waals surface area contributed by atoms with Crippen LogP contribution in [-0.2, 0) is 10.0 Å². The Bertz CT molecular complexity index is 550. The molecule has 0 saturated carbocycles. The van der Waals surface area contributed by atoms with Crippen molar-refractivity contribution in [2.24, 2.45) is 0 Å². The molecule has 1 aromatic rings. The Labute approximate surface area is 108 Å². The monoisotopic (exact) mass is 270 g/mol. The number of nitrogen functional groups attached to an aromatic ring is 1. The second-order valence-corrected chi connectivity index (χ2v) is 6.33. The van der Waals surface area contributed by atoms with Crippen LogP contribution in [-0.4, -0.2) is 32.6 Å². The van der Waals surface area contributed by atoms with Crippen LogP contribution in [0.25, 0.3) is 0 Å². The highest BCUT2D eigenvalue weighted by Crippen LogP contribution is 2.22. The first-order valence-corrected chi connectivity index (χ1v) is 7.10. The van der Waals surface area contributed by atoms with E-state index >= 15 is 0 Å². The number of hydrogen-bond donors (Lipinski definition) is 1. The average Bonchev–Trinajstić information content (AvgIpc) is 2.28. The fraction of sp³-hybridized carbons (Fsp3) is 0.417. The van der Waals surface area contributed by atoms with Gasteiger partial charge in [-0.2, -0.15) is 0 Å². The number of carbonyl (C=O) groups excluding carboxylic acids is 1. The fourth-order valence-corrected chi connectivity index (χ4v) is 2.52. The number of sulfonamides is 1. The maximum Gasteiger partial charge on any atom is 0.244 e. The summed E-state index contributed by atoms with van der Waals surface area (Å²) in [6.07, 6.45) is 1.18. The molecule has 0 radical (unpaired) electrons. The molecule has 0 fully saturated rings. The van der Waals surface area contributed by atoms with E-state index in [9.17, 15) is 13.2 Å². The van der Waals surface area contributed by atoms with Gasteiger partial charge in [0.05, 0.1) is 5.69 Å². The SMILES string of the molecule is CCCC(=O)c1ccc(S(=O)(=O)N(C)C)c(N)c1. The quantitative estimate of drug-likeness (QED) is 0.649. The fourth-order valence-electron chi connectivity index (χ4n) is 1.52. The zero-order chi connectivity index (χ0) is 13.9. The Morgan fingerprint density at radius 1 is 1.33 bits per heavy atom. The van der Waals surface area contributed by atoms with E-state index in [0.29, 0.717) is 12.0 Å². The van der Waals surface area contributed by atoms with Gasteiger partial charge in [0.1, 0.15) is 4.90 Å². The smallest absolute Gasteiger partial charge is 0.244 e. The third-order valence-corrected chi connectivity index (χ3v) is 4.46. The van der Waals surface area contributed by atoms with Crippen molar-refractivity contribution in [1.82, 2.24) is 4.31 Å². The van der Waals surface area contributed by atoms with Crippen LogP contribution >= 0.6 is 0 Å². The van der Waals surface area contributed by atoms with Crippen LogP contribution in [0.2, 0.25) is 0 Å². The molecular formula is C12H18N2O3S. The van der Waals surface area contributed by atoms with Crippen molar-refractivity contribution in [2.45, 2.75) is 24.7 Å². The molecule has 0 spiro atoms. The van der Waals surface area contributed by atoms with E-state index in [2.05, 4.69) is 0 Å². The summed E-state index contributed by atoms with van der Waals surface area (Å²) >= 11 is 0. The third kappa shape index (κ3) is 2.88. The van der Waals surface area contributed by atoms with E-state index in [0.717, 1.165) is 10.7 Å². The van der Waals surface area contributed by atoms with Crippen molar-refractivity contribution in [3.05, 3.63) is 23.8 Å². The molecule has 1 rings (SSSR count). The summed E-state index contributed by atoms with van der Waals surface area (Å²) in [7, 11) is -0.694. The molecular weight excluding hydrogens is 252 g/mol. The first-order chi connectivity index (χ1) is 8.30. The lowest BCUT2D eigenvalue weighted by Crippen LogP contribution is -2.23.